The third kappa shape index (κ3) is 1.84. The van der Waals surface area contributed by atoms with Crippen molar-refractivity contribution in [2.24, 2.45) is 10.9 Å². The molecule has 0 saturated carbocycles. The molecule has 0 radical (unpaired) electrons. The minimum atomic E-state index is -0.655. The van der Waals surface area contributed by atoms with Crippen LogP contribution < -0.4 is 4.90 Å². The minimum Gasteiger partial charge on any atom is -0.365 e. The van der Waals surface area contributed by atoms with Crippen molar-refractivity contribution in [1.29, 1.82) is 0 Å². The van der Waals surface area contributed by atoms with Crippen LogP contribution >= 0.6 is 0 Å². The summed E-state index contributed by atoms with van der Waals surface area (Å²) < 4.78 is 12.8. The summed E-state index contributed by atoms with van der Waals surface area (Å²) in [5, 5.41) is 0. The van der Waals surface area contributed by atoms with E-state index >= 15 is 0 Å². The van der Waals surface area contributed by atoms with Gasteiger partial charge in [-0.1, -0.05) is 19.9 Å². The van der Waals surface area contributed by atoms with Crippen molar-refractivity contribution in [3.05, 3.63) is 23.8 Å². The van der Waals surface area contributed by atoms with Crippen molar-refractivity contribution in [3.8, 4) is 0 Å². The highest BCUT2D eigenvalue weighted by Crippen LogP contribution is 2.34. The van der Waals surface area contributed by atoms with Crippen LogP contribution in [0.5, 0.6) is 0 Å². The predicted molar refractivity (Wildman–Crippen MR) is 69.2 cm³/mol. The number of halogens is 1. The van der Waals surface area contributed by atoms with E-state index in [4.69, 9.17) is 0 Å². The van der Waals surface area contributed by atoms with E-state index in [1.807, 2.05) is 0 Å². The number of alkyl halides is 1. The Balaban J connectivity index is 1.85. The van der Waals surface area contributed by atoms with Crippen LogP contribution in [0, 0.1) is 5.92 Å². The summed E-state index contributed by atoms with van der Waals surface area (Å²) in [6.07, 6.45) is 0.317. The number of rotatable bonds is 2. The van der Waals surface area contributed by atoms with Crippen molar-refractivity contribution in [2.45, 2.75) is 26.4 Å². The fraction of sp³-hybridized carbons (Fsp3) is 0.500. The number of anilines is 1. The lowest BCUT2D eigenvalue weighted by Crippen LogP contribution is -2.48. The Morgan fingerprint density at radius 2 is 2.12 bits per heavy atom. The van der Waals surface area contributed by atoms with Crippen molar-refractivity contribution in [2.75, 3.05) is 18.0 Å². The van der Waals surface area contributed by atoms with Gasteiger partial charge in [0.1, 0.15) is 6.17 Å². The molecule has 2 aliphatic heterocycles. The zero-order valence-corrected chi connectivity index (χ0v) is 10.3. The van der Waals surface area contributed by atoms with Crippen LogP contribution in [0.1, 0.15) is 19.4 Å². The highest BCUT2D eigenvalue weighted by molar-refractivity contribution is 5.95. The van der Waals surface area contributed by atoms with Gasteiger partial charge in [0.25, 0.3) is 0 Å². The number of hydrogen-bond acceptors (Lipinski definition) is 2. The molecular formula is C14H17FN2. The lowest BCUT2D eigenvalue weighted by Gasteiger charge is -2.36. The Hall–Kier alpha value is -1.38. The molecule has 1 saturated heterocycles. The van der Waals surface area contributed by atoms with Gasteiger partial charge in [0.05, 0.1) is 18.8 Å². The molecule has 2 nitrogen and oxygen atoms in total. The summed E-state index contributed by atoms with van der Waals surface area (Å²) in [7, 11) is 0. The predicted octanol–water partition coefficient (Wildman–Crippen LogP) is 3.13. The lowest BCUT2D eigenvalue weighted by atomic mass is 10.0. The summed E-state index contributed by atoms with van der Waals surface area (Å²) in [6.45, 7) is 5.41. The van der Waals surface area contributed by atoms with E-state index in [1.165, 1.54) is 11.3 Å². The van der Waals surface area contributed by atoms with E-state index in [9.17, 15) is 4.39 Å². The molecule has 0 unspecified atom stereocenters. The van der Waals surface area contributed by atoms with Gasteiger partial charge in [0.15, 0.2) is 0 Å². The Morgan fingerprint density at radius 1 is 1.35 bits per heavy atom. The Morgan fingerprint density at radius 3 is 2.76 bits per heavy atom. The Labute approximate surface area is 101 Å². The quantitative estimate of drug-likeness (QED) is 0.765. The van der Waals surface area contributed by atoms with Gasteiger partial charge in [-0.05, 0) is 23.6 Å². The van der Waals surface area contributed by atoms with Crippen LogP contribution in [0.25, 0.3) is 0 Å². The van der Waals surface area contributed by atoms with Gasteiger partial charge in [0, 0.05) is 17.8 Å². The maximum Gasteiger partial charge on any atom is 0.135 e. The van der Waals surface area contributed by atoms with E-state index in [0.717, 1.165) is 17.8 Å². The molecule has 0 bridgehead atoms. The largest absolute Gasteiger partial charge is 0.365 e. The number of nitrogens with zero attached hydrogens (tertiary/aromatic N) is 2. The van der Waals surface area contributed by atoms with E-state index in [-0.39, 0.29) is 0 Å². The molecule has 17 heavy (non-hydrogen) atoms. The second kappa shape index (κ2) is 3.83. The summed E-state index contributed by atoms with van der Waals surface area (Å²) in [5.41, 5.74) is 4.74. The second-order valence-corrected chi connectivity index (χ2v) is 5.25. The number of fused-ring (bicyclic) bond motifs is 1. The second-order valence-electron chi connectivity index (χ2n) is 5.25. The number of benzene rings is 1. The molecule has 0 aromatic heterocycles. The zero-order chi connectivity index (χ0) is 12.0. The van der Waals surface area contributed by atoms with Crippen molar-refractivity contribution < 1.29 is 4.39 Å². The van der Waals surface area contributed by atoms with Crippen molar-refractivity contribution in [3.63, 3.8) is 0 Å². The third-order valence-electron chi connectivity index (χ3n) is 3.57. The highest BCUT2D eigenvalue weighted by Gasteiger charge is 2.27. The standard InChI is InChI=1S/C14H17FN2/c1-9(2)13-5-10-3-4-12(6-14(10)16-13)17-7-11(15)8-17/h3-4,6,9,11H,5,7-8H2,1-2H3. The van der Waals surface area contributed by atoms with Crippen molar-refractivity contribution >= 4 is 17.1 Å². The molecule has 1 fully saturated rings. The maximum absolute atomic E-state index is 12.8. The average Bonchev–Trinajstić information content (AvgIpc) is 2.67. The Bertz CT molecular complexity index is 473. The van der Waals surface area contributed by atoms with Crippen LogP contribution in [-0.4, -0.2) is 25.0 Å². The SMILES string of the molecule is CC(C)C1=Nc2cc(N3CC(F)C3)ccc2C1. The molecule has 2 heterocycles. The number of aliphatic imine (C=N–C) groups is 1. The fourth-order valence-corrected chi connectivity index (χ4v) is 2.36. The van der Waals surface area contributed by atoms with Crippen LogP contribution in [0.2, 0.25) is 0 Å². The van der Waals surface area contributed by atoms with Gasteiger partial charge in [-0.2, -0.15) is 0 Å². The van der Waals surface area contributed by atoms with Crippen LogP contribution in [0.15, 0.2) is 23.2 Å². The zero-order valence-electron chi connectivity index (χ0n) is 10.3. The van der Waals surface area contributed by atoms with Crippen LogP contribution in [-0.2, 0) is 6.42 Å². The molecule has 1 aromatic carbocycles. The molecule has 3 rings (SSSR count). The molecule has 1 aromatic rings. The maximum atomic E-state index is 12.8. The minimum absolute atomic E-state index is 0.505. The van der Waals surface area contributed by atoms with E-state index in [1.54, 1.807) is 0 Å². The van der Waals surface area contributed by atoms with E-state index < -0.39 is 6.17 Å². The highest BCUT2D eigenvalue weighted by atomic mass is 19.1. The van der Waals surface area contributed by atoms with E-state index in [2.05, 4.69) is 41.9 Å². The summed E-state index contributed by atoms with van der Waals surface area (Å²) >= 11 is 0. The molecule has 2 aliphatic rings. The number of hydrogen-bond donors (Lipinski definition) is 0. The molecule has 0 aliphatic carbocycles. The molecule has 0 spiro atoms. The molecular weight excluding hydrogens is 215 g/mol. The van der Waals surface area contributed by atoms with Gasteiger partial charge < -0.3 is 4.90 Å². The summed E-state index contributed by atoms with van der Waals surface area (Å²) in [5.74, 6) is 0.505. The van der Waals surface area contributed by atoms with Gasteiger partial charge in [-0.25, -0.2) is 4.39 Å². The van der Waals surface area contributed by atoms with Gasteiger partial charge in [-0.15, -0.1) is 0 Å². The van der Waals surface area contributed by atoms with Crippen molar-refractivity contribution in [1.82, 2.24) is 0 Å². The smallest absolute Gasteiger partial charge is 0.135 e. The third-order valence-corrected chi connectivity index (χ3v) is 3.57. The summed E-state index contributed by atoms with van der Waals surface area (Å²) in [4.78, 5) is 6.73. The van der Waals surface area contributed by atoms with Gasteiger partial charge >= 0.3 is 0 Å². The average molecular weight is 232 g/mol. The van der Waals surface area contributed by atoms with Crippen LogP contribution in [0.4, 0.5) is 15.8 Å². The van der Waals surface area contributed by atoms with Gasteiger partial charge in [-0.3, -0.25) is 4.99 Å². The molecule has 0 atom stereocenters. The van der Waals surface area contributed by atoms with Gasteiger partial charge in [0.2, 0.25) is 0 Å². The lowest BCUT2D eigenvalue weighted by molar-refractivity contribution is 0.275. The normalized spacial score (nSPS) is 19.3. The molecule has 0 amide bonds. The first kappa shape index (κ1) is 10.8. The summed E-state index contributed by atoms with van der Waals surface area (Å²) in [6, 6.07) is 6.31. The topological polar surface area (TPSA) is 15.6 Å². The first-order chi connectivity index (χ1) is 8.13. The monoisotopic (exact) mass is 232 g/mol. The molecule has 0 N–H and O–H groups in total. The Kier molecular flexibility index (Phi) is 2.42. The first-order valence-electron chi connectivity index (χ1n) is 6.23. The van der Waals surface area contributed by atoms with Crippen LogP contribution in [0.3, 0.4) is 0 Å². The van der Waals surface area contributed by atoms with E-state index in [0.29, 0.717) is 19.0 Å². The molecule has 3 heteroatoms. The molecule has 90 valence electrons. The fourth-order valence-electron chi connectivity index (χ4n) is 2.36. The first-order valence-corrected chi connectivity index (χ1v) is 6.23.